The van der Waals surface area contributed by atoms with E-state index in [-0.39, 0.29) is 30.4 Å². The molecule has 2 unspecified atom stereocenters. The molecule has 17 heavy (non-hydrogen) atoms. The van der Waals surface area contributed by atoms with Crippen molar-refractivity contribution in [1.82, 2.24) is 5.32 Å². The lowest BCUT2D eigenvalue weighted by molar-refractivity contribution is -0.127. The van der Waals surface area contributed by atoms with Gasteiger partial charge in [-0.2, -0.15) is 0 Å². The number of hydrogen-bond donors (Lipinski definition) is 3. The number of nitrogens with one attached hydrogen (secondary N) is 1. The van der Waals surface area contributed by atoms with Crippen molar-refractivity contribution in [2.75, 3.05) is 13.2 Å². The maximum absolute atomic E-state index is 12.0. The molecule has 1 rings (SSSR count). The monoisotopic (exact) mass is 242 g/mol. The van der Waals surface area contributed by atoms with E-state index in [1.165, 1.54) is 0 Å². The third-order valence-electron chi connectivity index (χ3n) is 4.06. The van der Waals surface area contributed by atoms with E-state index in [9.17, 15) is 4.79 Å². The molecule has 0 bridgehead atoms. The van der Waals surface area contributed by atoms with Gasteiger partial charge in [-0.3, -0.25) is 4.79 Å². The molecule has 4 nitrogen and oxygen atoms in total. The number of amides is 1. The normalized spacial score (nSPS) is 28.5. The van der Waals surface area contributed by atoms with Crippen molar-refractivity contribution in [1.29, 1.82) is 0 Å². The van der Waals surface area contributed by atoms with Crippen molar-refractivity contribution in [2.24, 2.45) is 23.5 Å². The minimum absolute atomic E-state index is 0.0414. The van der Waals surface area contributed by atoms with Crippen LogP contribution >= 0.6 is 0 Å². The average molecular weight is 242 g/mol. The lowest BCUT2D eigenvalue weighted by atomic mass is 9.81. The van der Waals surface area contributed by atoms with Gasteiger partial charge < -0.3 is 16.2 Å². The minimum atomic E-state index is 0.0414. The van der Waals surface area contributed by atoms with Crippen LogP contribution in [0.3, 0.4) is 0 Å². The second kappa shape index (κ2) is 6.97. The zero-order chi connectivity index (χ0) is 12.8. The summed E-state index contributed by atoms with van der Waals surface area (Å²) in [6.45, 7) is 4.74. The molecular weight excluding hydrogens is 216 g/mol. The molecule has 2 atom stereocenters. The van der Waals surface area contributed by atoms with Gasteiger partial charge in [-0.15, -0.1) is 0 Å². The van der Waals surface area contributed by atoms with E-state index < -0.39 is 0 Å². The van der Waals surface area contributed by atoms with Crippen molar-refractivity contribution >= 4 is 5.91 Å². The molecule has 1 saturated carbocycles. The summed E-state index contributed by atoms with van der Waals surface area (Å²) in [5.74, 6) is 1.01. The largest absolute Gasteiger partial charge is 0.396 e. The number of carbonyl (C=O) groups is 1. The first-order chi connectivity index (χ1) is 8.08. The number of rotatable bonds is 5. The summed E-state index contributed by atoms with van der Waals surface area (Å²) >= 11 is 0. The van der Waals surface area contributed by atoms with Crippen LogP contribution in [0.1, 0.15) is 39.5 Å². The molecule has 1 amide bonds. The molecule has 100 valence electrons. The first-order valence-electron chi connectivity index (χ1n) is 6.69. The van der Waals surface area contributed by atoms with Gasteiger partial charge in [-0.05, 0) is 51.0 Å². The van der Waals surface area contributed by atoms with E-state index in [2.05, 4.69) is 5.32 Å². The Labute approximate surface area is 104 Å². The Morgan fingerprint density at radius 1 is 1.35 bits per heavy atom. The second-order valence-electron chi connectivity index (χ2n) is 5.41. The number of aliphatic hydroxyl groups is 1. The molecule has 1 aliphatic carbocycles. The molecule has 4 heteroatoms. The van der Waals surface area contributed by atoms with Crippen LogP contribution < -0.4 is 11.1 Å². The van der Waals surface area contributed by atoms with Crippen LogP contribution in [0.15, 0.2) is 0 Å². The zero-order valence-electron chi connectivity index (χ0n) is 11.0. The molecule has 1 fully saturated rings. The standard InChI is InChI=1S/C13H26N2O2/c1-9(8-16)10(2)15-13(17)12-5-3-11(7-14)4-6-12/h9-12,16H,3-8,14H2,1-2H3,(H,15,17). The van der Waals surface area contributed by atoms with E-state index >= 15 is 0 Å². The number of carbonyl (C=O) groups excluding carboxylic acids is 1. The van der Waals surface area contributed by atoms with Gasteiger partial charge >= 0.3 is 0 Å². The highest BCUT2D eigenvalue weighted by Crippen LogP contribution is 2.28. The SMILES string of the molecule is CC(CO)C(C)NC(=O)C1CCC(CN)CC1. The van der Waals surface area contributed by atoms with Gasteiger partial charge in [0.2, 0.25) is 5.91 Å². The van der Waals surface area contributed by atoms with E-state index in [1.54, 1.807) is 0 Å². The summed E-state index contributed by atoms with van der Waals surface area (Å²) in [6, 6.07) is 0.0414. The summed E-state index contributed by atoms with van der Waals surface area (Å²) in [5, 5.41) is 12.0. The first-order valence-corrected chi connectivity index (χ1v) is 6.69. The lowest BCUT2D eigenvalue weighted by Gasteiger charge is -2.28. The number of aliphatic hydroxyl groups excluding tert-OH is 1. The van der Waals surface area contributed by atoms with Crippen LogP contribution in [0.25, 0.3) is 0 Å². The van der Waals surface area contributed by atoms with Crippen LogP contribution in [0.2, 0.25) is 0 Å². The Morgan fingerprint density at radius 3 is 2.41 bits per heavy atom. The summed E-state index contributed by atoms with van der Waals surface area (Å²) in [5.41, 5.74) is 5.63. The van der Waals surface area contributed by atoms with Gasteiger partial charge in [0, 0.05) is 18.6 Å². The van der Waals surface area contributed by atoms with Crippen molar-refractivity contribution in [3.05, 3.63) is 0 Å². The van der Waals surface area contributed by atoms with Gasteiger partial charge in [0.1, 0.15) is 0 Å². The molecule has 0 aromatic carbocycles. The molecule has 1 aliphatic rings. The predicted molar refractivity (Wildman–Crippen MR) is 68.4 cm³/mol. The molecular formula is C13H26N2O2. The summed E-state index contributed by atoms with van der Waals surface area (Å²) in [4.78, 5) is 12.0. The van der Waals surface area contributed by atoms with Crippen LogP contribution in [0.4, 0.5) is 0 Å². The van der Waals surface area contributed by atoms with Crippen LogP contribution in [0.5, 0.6) is 0 Å². The molecule has 0 aliphatic heterocycles. The van der Waals surface area contributed by atoms with Gasteiger partial charge in [-0.25, -0.2) is 0 Å². The Bertz CT molecular complexity index is 238. The highest BCUT2D eigenvalue weighted by molar-refractivity contribution is 5.79. The third-order valence-corrected chi connectivity index (χ3v) is 4.06. The molecule has 0 heterocycles. The Morgan fingerprint density at radius 2 is 1.94 bits per heavy atom. The van der Waals surface area contributed by atoms with Gasteiger partial charge in [0.25, 0.3) is 0 Å². The summed E-state index contributed by atoms with van der Waals surface area (Å²) < 4.78 is 0. The van der Waals surface area contributed by atoms with Gasteiger partial charge in [0.15, 0.2) is 0 Å². The second-order valence-corrected chi connectivity index (χ2v) is 5.41. The van der Waals surface area contributed by atoms with E-state index in [1.807, 2.05) is 13.8 Å². The van der Waals surface area contributed by atoms with Gasteiger partial charge in [0.05, 0.1) is 0 Å². The fourth-order valence-corrected chi connectivity index (χ4v) is 2.30. The smallest absolute Gasteiger partial charge is 0.223 e. The zero-order valence-corrected chi connectivity index (χ0v) is 11.0. The van der Waals surface area contributed by atoms with Crippen molar-refractivity contribution in [2.45, 2.75) is 45.6 Å². The Hall–Kier alpha value is -0.610. The third kappa shape index (κ3) is 4.28. The van der Waals surface area contributed by atoms with Crippen LogP contribution in [-0.2, 0) is 4.79 Å². The van der Waals surface area contributed by atoms with Crippen molar-refractivity contribution < 1.29 is 9.90 Å². The average Bonchev–Trinajstić information content (AvgIpc) is 2.37. The lowest BCUT2D eigenvalue weighted by Crippen LogP contribution is -2.42. The Balaban J connectivity index is 2.34. The highest BCUT2D eigenvalue weighted by Gasteiger charge is 2.26. The van der Waals surface area contributed by atoms with Crippen LogP contribution in [-0.4, -0.2) is 30.2 Å². The predicted octanol–water partition coefficient (Wildman–Crippen LogP) is 0.885. The summed E-state index contributed by atoms with van der Waals surface area (Å²) in [7, 11) is 0. The highest BCUT2D eigenvalue weighted by atomic mass is 16.3. The maximum atomic E-state index is 12.0. The van der Waals surface area contributed by atoms with E-state index in [4.69, 9.17) is 10.8 Å². The van der Waals surface area contributed by atoms with Crippen molar-refractivity contribution in [3.63, 3.8) is 0 Å². The molecule has 0 radical (unpaired) electrons. The minimum Gasteiger partial charge on any atom is -0.396 e. The van der Waals surface area contributed by atoms with Crippen LogP contribution in [0, 0.1) is 17.8 Å². The fraction of sp³-hybridized carbons (Fsp3) is 0.923. The first kappa shape index (κ1) is 14.5. The molecule has 4 N–H and O–H groups in total. The number of hydrogen-bond acceptors (Lipinski definition) is 3. The Kier molecular flexibility index (Phi) is 5.92. The van der Waals surface area contributed by atoms with Crippen molar-refractivity contribution in [3.8, 4) is 0 Å². The summed E-state index contributed by atoms with van der Waals surface area (Å²) in [6.07, 6.45) is 4.04. The fourth-order valence-electron chi connectivity index (χ4n) is 2.30. The molecule has 0 spiro atoms. The van der Waals surface area contributed by atoms with Gasteiger partial charge in [-0.1, -0.05) is 6.92 Å². The molecule has 0 aromatic rings. The quantitative estimate of drug-likeness (QED) is 0.670. The number of nitrogens with two attached hydrogens (primary N) is 1. The van der Waals surface area contributed by atoms with E-state index in [0.717, 1.165) is 32.2 Å². The molecule has 0 saturated heterocycles. The maximum Gasteiger partial charge on any atom is 0.223 e. The topological polar surface area (TPSA) is 75.3 Å². The van der Waals surface area contributed by atoms with E-state index in [0.29, 0.717) is 5.92 Å². The molecule has 0 aromatic heterocycles.